The molecule has 5 nitrogen and oxygen atoms in total. The zero-order valence-corrected chi connectivity index (χ0v) is 15.3. The van der Waals surface area contributed by atoms with Crippen LogP contribution < -0.4 is 4.74 Å². The van der Waals surface area contributed by atoms with Gasteiger partial charge in [-0.2, -0.15) is 0 Å². The van der Waals surface area contributed by atoms with Gasteiger partial charge in [-0.1, -0.05) is 39.8 Å². The first-order chi connectivity index (χ1) is 11.6. The Hall–Kier alpha value is -1.86. The molecule has 0 saturated heterocycles. The summed E-state index contributed by atoms with van der Waals surface area (Å²) in [6, 6.07) is 7.58. The lowest BCUT2D eigenvalue weighted by atomic mass is 10.1. The van der Waals surface area contributed by atoms with Crippen molar-refractivity contribution in [2.75, 3.05) is 20.3 Å². The van der Waals surface area contributed by atoms with Gasteiger partial charge in [0.1, 0.15) is 5.75 Å². The Balaban J connectivity index is 2.43. The normalized spacial score (nSPS) is 13.3. The summed E-state index contributed by atoms with van der Waals surface area (Å²) in [5.74, 6) is -0.611. The van der Waals surface area contributed by atoms with Crippen LogP contribution in [-0.2, 0) is 19.1 Å². The van der Waals surface area contributed by atoms with Crippen molar-refractivity contribution >= 4 is 38.4 Å². The third kappa shape index (κ3) is 4.15. The van der Waals surface area contributed by atoms with E-state index in [4.69, 9.17) is 14.2 Å². The van der Waals surface area contributed by atoms with Gasteiger partial charge in [0.2, 0.25) is 0 Å². The van der Waals surface area contributed by atoms with Crippen LogP contribution >= 0.6 is 21.6 Å². The molecule has 1 aliphatic rings. The first-order valence-corrected chi connectivity index (χ1v) is 9.55. The number of esters is 2. The third-order valence-corrected chi connectivity index (χ3v) is 5.49. The number of carbonyl (C=O) groups excluding carboxylic acids is 2. The van der Waals surface area contributed by atoms with E-state index in [-0.39, 0.29) is 18.8 Å². The molecule has 128 valence electrons. The molecule has 1 aromatic carbocycles. The van der Waals surface area contributed by atoms with Gasteiger partial charge in [0.05, 0.1) is 20.3 Å². The van der Waals surface area contributed by atoms with Crippen LogP contribution in [0.2, 0.25) is 0 Å². The van der Waals surface area contributed by atoms with Crippen molar-refractivity contribution < 1.29 is 23.8 Å². The van der Waals surface area contributed by atoms with Crippen molar-refractivity contribution in [3.63, 3.8) is 0 Å². The average Bonchev–Trinajstić information content (AvgIpc) is 3.04. The molecule has 1 aromatic rings. The van der Waals surface area contributed by atoms with Crippen molar-refractivity contribution in [2.24, 2.45) is 0 Å². The molecule has 0 fully saturated rings. The fraction of sp³-hybridized carbons (Fsp3) is 0.294. The predicted octanol–water partition coefficient (Wildman–Crippen LogP) is 3.81. The molecule has 24 heavy (non-hydrogen) atoms. The molecule has 2 rings (SSSR count). The van der Waals surface area contributed by atoms with Crippen LogP contribution in [0.25, 0.3) is 4.91 Å². The summed E-state index contributed by atoms with van der Waals surface area (Å²) in [4.78, 5) is 25.7. The van der Waals surface area contributed by atoms with E-state index >= 15 is 0 Å². The van der Waals surface area contributed by atoms with Crippen LogP contribution in [0, 0.1) is 0 Å². The molecule has 0 spiro atoms. The SMILES string of the molecule is CCOC(=O)C(C(=O)OCC)=C1C=C(c2ccccc2OC)SS1. The highest BCUT2D eigenvalue weighted by Crippen LogP contribution is 2.52. The van der Waals surface area contributed by atoms with Crippen LogP contribution in [-0.4, -0.2) is 32.3 Å². The fourth-order valence-electron chi connectivity index (χ4n) is 2.03. The van der Waals surface area contributed by atoms with Gasteiger partial charge in [0.15, 0.2) is 5.57 Å². The summed E-state index contributed by atoms with van der Waals surface area (Å²) in [6.07, 6.45) is 1.79. The van der Waals surface area contributed by atoms with Gasteiger partial charge in [-0.15, -0.1) is 0 Å². The second kappa shape index (κ2) is 8.84. The fourth-order valence-corrected chi connectivity index (χ4v) is 4.47. The molecule has 7 heteroatoms. The van der Waals surface area contributed by atoms with Crippen molar-refractivity contribution in [3.05, 3.63) is 46.4 Å². The van der Waals surface area contributed by atoms with E-state index in [1.54, 1.807) is 27.0 Å². The summed E-state index contributed by atoms with van der Waals surface area (Å²) in [5, 5.41) is 0. The lowest BCUT2D eigenvalue weighted by Gasteiger charge is -2.07. The molecule has 0 radical (unpaired) electrons. The Morgan fingerprint density at radius 1 is 1.00 bits per heavy atom. The molecule has 0 unspecified atom stereocenters. The molecule has 0 N–H and O–H groups in total. The summed E-state index contributed by atoms with van der Waals surface area (Å²) in [7, 11) is 4.39. The summed E-state index contributed by atoms with van der Waals surface area (Å²) in [5.41, 5.74) is 0.834. The Morgan fingerprint density at radius 3 is 2.21 bits per heavy atom. The summed E-state index contributed by atoms with van der Waals surface area (Å²) in [6.45, 7) is 3.77. The van der Waals surface area contributed by atoms with Crippen molar-refractivity contribution in [1.29, 1.82) is 0 Å². The highest BCUT2D eigenvalue weighted by molar-refractivity contribution is 8.82. The molecular formula is C17H18O5S2. The molecule has 1 heterocycles. The molecule has 0 aliphatic carbocycles. The van der Waals surface area contributed by atoms with E-state index in [0.717, 1.165) is 16.2 Å². The smallest absolute Gasteiger partial charge is 0.346 e. The van der Waals surface area contributed by atoms with Gasteiger partial charge < -0.3 is 14.2 Å². The second-order valence-corrected chi connectivity index (χ2v) is 6.77. The average molecular weight is 366 g/mol. The molecule has 0 atom stereocenters. The third-order valence-electron chi connectivity index (χ3n) is 3.06. The minimum absolute atomic E-state index is 0.0684. The van der Waals surface area contributed by atoms with Crippen LogP contribution in [0.4, 0.5) is 0 Å². The molecule has 1 aliphatic heterocycles. The van der Waals surface area contributed by atoms with Crippen LogP contribution in [0.5, 0.6) is 5.75 Å². The van der Waals surface area contributed by atoms with Crippen LogP contribution in [0.1, 0.15) is 19.4 Å². The monoisotopic (exact) mass is 366 g/mol. The summed E-state index contributed by atoms with van der Waals surface area (Å²) >= 11 is 0. The number of para-hydroxylation sites is 1. The topological polar surface area (TPSA) is 61.8 Å². The maximum atomic E-state index is 12.2. The van der Waals surface area contributed by atoms with Gasteiger partial charge in [0.25, 0.3) is 0 Å². The summed E-state index contributed by atoms with van der Waals surface area (Å²) < 4.78 is 15.4. The Bertz CT molecular complexity index is 674. The highest BCUT2D eigenvalue weighted by atomic mass is 33.1. The minimum atomic E-state index is -0.670. The van der Waals surface area contributed by atoms with Gasteiger partial charge in [-0.3, -0.25) is 0 Å². The number of hydrogen-bond acceptors (Lipinski definition) is 7. The molecular weight excluding hydrogens is 348 g/mol. The first kappa shape index (κ1) is 18.5. The number of benzene rings is 1. The number of carbonyl (C=O) groups is 2. The van der Waals surface area contributed by atoms with Crippen molar-refractivity contribution in [3.8, 4) is 5.75 Å². The molecule has 0 bridgehead atoms. The van der Waals surface area contributed by atoms with Gasteiger partial charge in [0, 0.05) is 15.4 Å². The Labute approximate surface area is 148 Å². The number of rotatable bonds is 6. The Morgan fingerprint density at radius 2 is 1.62 bits per heavy atom. The molecule has 0 amide bonds. The van der Waals surface area contributed by atoms with Crippen LogP contribution in [0.15, 0.2) is 40.8 Å². The van der Waals surface area contributed by atoms with Crippen molar-refractivity contribution in [1.82, 2.24) is 0 Å². The van der Waals surface area contributed by atoms with E-state index in [2.05, 4.69) is 0 Å². The quantitative estimate of drug-likeness (QED) is 0.249. The number of ether oxygens (including phenoxy) is 3. The Kier molecular flexibility index (Phi) is 6.81. The number of hydrogen-bond donors (Lipinski definition) is 0. The zero-order chi connectivity index (χ0) is 17.5. The maximum Gasteiger partial charge on any atom is 0.346 e. The lowest BCUT2D eigenvalue weighted by Crippen LogP contribution is -2.19. The van der Waals surface area contributed by atoms with Gasteiger partial charge in [-0.05, 0) is 26.0 Å². The largest absolute Gasteiger partial charge is 0.496 e. The van der Waals surface area contributed by atoms with E-state index in [1.165, 1.54) is 21.6 Å². The number of methoxy groups -OCH3 is 1. The highest BCUT2D eigenvalue weighted by Gasteiger charge is 2.29. The van der Waals surface area contributed by atoms with E-state index in [9.17, 15) is 9.59 Å². The lowest BCUT2D eigenvalue weighted by molar-refractivity contribution is -0.146. The molecule has 0 saturated carbocycles. The minimum Gasteiger partial charge on any atom is -0.496 e. The first-order valence-electron chi connectivity index (χ1n) is 7.40. The zero-order valence-electron chi connectivity index (χ0n) is 13.7. The standard InChI is InChI=1S/C17H18O5S2/c1-4-21-16(18)15(17(19)22-5-2)14-10-13(23-24-14)11-8-6-7-9-12(11)20-3/h6-10H,4-5H2,1-3H3. The van der Waals surface area contributed by atoms with Gasteiger partial charge >= 0.3 is 11.9 Å². The van der Waals surface area contributed by atoms with E-state index in [1.807, 2.05) is 24.3 Å². The van der Waals surface area contributed by atoms with Gasteiger partial charge in [-0.25, -0.2) is 9.59 Å². The van der Waals surface area contributed by atoms with E-state index in [0.29, 0.717) is 4.91 Å². The van der Waals surface area contributed by atoms with Crippen molar-refractivity contribution in [2.45, 2.75) is 13.8 Å². The predicted molar refractivity (Wildman–Crippen MR) is 96.4 cm³/mol. The number of allylic oxidation sites excluding steroid dienone is 1. The second-order valence-electron chi connectivity index (χ2n) is 4.56. The maximum absolute atomic E-state index is 12.2. The van der Waals surface area contributed by atoms with Crippen LogP contribution in [0.3, 0.4) is 0 Å². The molecule has 0 aromatic heterocycles. The van der Waals surface area contributed by atoms with E-state index < -0.39 is 11.9 Å².